The molecule has 4 nitrogen and oxygen atoms in total. The Morgan fingerprint density at radius 2 is 2.06 bits per heavy atom. The number of hydrogen-bond donors (Lipinski definition) is 0. The summed E-state index contributed by atoms with van der Waals surface area (Å²) in [6.45, 7) is 1.90. The first kappa shape index (κ1) is 12.3. The molecule has 0 N–H and O–H groups in total. The largest absolute Gasteiger partial charge is 0.468 e. The highest BCUT2D eigenvalue weighted by atomic mass is 16.5. The van der Waals surface area contributed by atoms with Gasteiger partial charge in [0.25, 0.3) is 0 Å². The van der Waals surface area contributed by atoms with Crippen LogP contribution in [0.5, 0.6) is 0 Å². The molecule has 3 atom stereocenters. The van der Waals surface area contributed by atoms with Crippen molar-refractivity contribution in [3.8, 4) is 0 Å². The van der Waals surface area contributed by atoms with Crippen LogP contribution in [0, 0.1) is 17.3 Å². The van der Waals surface area contributed by atoms with Crippen LogP contribution in [0.3, 0.4) is 0 Å². The number of ether oxygens (including phenoxy) is 1. The molecule has 2 rings (SSSR count). The highest BCUT2D eigenvalue weighted by Gasteiger charge is 2.54. The number of carbonyl (C=O) groups excluding carboxylic acids is 3. The molecule has 0 saturated heterocycles. The van der Waals surface area contributed by atoms with E-state index in [0.29, 0.717) is 19.3 Å². The molecule has 2 aliphatic rings. The average Bonchev–Trinajstić information content (AvgIpc) is 2.31. The maximum Gasteiger partial charge on any atom is 0.316 e. The molecule has 2 saturated carbocycles. The van der Waals surface area contributed by atoms with E-state index in [2.05, 4.69) is 0 Å². The molecule has 4 heteroatoms. The van der Waals surface area contributed by atoms with Crippen LogP contribution >= 0.6 is 0 Å². The summed E-state index contributed by atoms with van der Waals surface area (Å²) in [5.74, 6) is -1.20. The highest BCUT2D eigenvalue weighted by molar-refractivity contribution is 6.02. The molecule has 2 aliphatic carbocycles. The zero-order valence-electron chi connectivity index (χ0n) is 10.3. The molecular weight excluding hydrogens is 220 g/mol. The van der Waals surface area contributed by atoms with Gasteiger partial charge in [-0.2, -0.15) is 0 Å². The van der Waals surface area contributed by atoms with E-state index in [9.17, 15) is 14.4 Å². The van der Waals surface area contributed by atoms with E-state index >= 15 is 0 Å². The number of ketones is 2. The van der Waals surface area contributed by atoms with E-state index in [1.807, 2.05) is 6.92 Å². The lowest BCUT2D eigenvalue weighted by Gasteiger charge is -2.46. The number of methoxy groups -OCH3 is 1. The van der Waals surface area contributed by atoms with E-state index in [4.69, 9.17) is 4.74 Å². The van der Waals surface area contributed by atoms with E-state index in [-0.39, 0.29) is 17.5 Å². The zero-order chi connectivity index (χ0) is 12.6. The molecule has 17 heavy (non-hydrogen) atoms. The minimum atomic E-state index is -0.719. The average molecular weight is 238 g/mol. The molecule has 0 radical (unpaired) electrons. The van der Waals surface area contributed by atoms with Gasteiger partial charge in [0.2, 0.25) is 0 Å². The topological polar surface area (TPSA) is 60.4 Å². The van der Waals surface area contributed by atoms with Gasteiger partial charge in [0.1, 0.15) is 17.5 Å². The third-order valence-electron chi connectivity index (χ3n) is 4.47. The summed E-state index contributed by atoms with van der Waals surface area (Å²) in [7, 11) is 1.30. The van der Waals surface area contributed by atoms with Crippen molar-refractivity contribution in [1.29, 1.82) is 0 Å². The fourth-order valence-corrected chi connectivity index (χ4v) is 3.34. The number of carbonyl (C=O) groups is 3. The molecule has 94 valence electrons. The Balaban J connectivity index is 2.34. The summed E-state index contributed by atoms with van der Waals surface area (Å²) in [5.41, 5.74) is -0.495. The number of esters is 1. The monoisotopic (exact) mass is 238 g/mol. The first-order valence-corrected chi connectivity index (χ1v) is 6.14. The van der Waals surface area contributed by atoms with Gasteiger partial charge in [-0.1, -0.05) is 6.92 Å². The maximum atomic E-state index is 12.1. The fourth-order valence-electron chi connectivity index (χ4n) is 3.34. The van der Waals surface area contributed by atoms with Crippen molar-refractivity contribution in [1.82, 2.24) is 0 Å². The van der Waals surface area contributed by atoms with Gasteiger partial charge in [0.05, 0.1) is 7.11 Å². The minimum Gasteiger partial charge on any atom is -0.468 e. The second-order valence-electron chi connectivity index (χ2n) is 5.31. The number of Topliss-reactive ketones (excluding diaryl/α,β-unsaturated/α-hetero) is 2. The maximum absolute atomic E-state index is 12.1. The molecule has 0 aromatic carbocycles. The minimum absolute atomic E-state index is 0.0611. The molecule has 0 bridgehead atoms. The Bertz CT molecular complexity index is 366. The van der Waals surface area contributed by atoms with E-state index in [1.165, 1.54) is 7.11 Å². The van der Waals surface area contributed by atoms with Crippen LogP contribution in [0.15, 0.2) is 0 Å². The molecule has 0 aliphatic heterocycles. The van der Waals surface area contributed by atoms with Gasteiger partial charge in [-0.3, -0.25) is 14.4 Å². The molecular formula is C13H18O4. The Morgan fingerprint density at radius 1 is 1.35 bits per heavy atom. The second-order valence-corrected chi connectivity index (χ2v) is 5.31. The fraction of sp³-hybridized carbons (Fsp3) is 0.769. The first-order valence-electron chi connectivity index (χ1n) is 6.14. The summed E-state index contributed by atoms with van der Waals surface area (Å²) in [6, 6.07) is 0. The zero-order valence-corrected chi connectivity index (χ0v) is 10.3. The lowest BCUT2D eigenvalue weighted by molar-refractivity contribution is -0.161. The summed E-state index contributed by atoms with van der Waals surface area (Å²) >= 11 is 0. The first-order chi connectivity index (χ1) is 8.00. The molecule has 0 heterocycles. The van der Waals surface area contributed by atoms with Crippen molar-refractivity contribution in [2.75, 3.05) is 7.11 Å². The van der Waals surface area contributed by atoms with Gasteiger partial charge in [-0.25, -0.2) is 0 Å². The van der Waals surface area contributed by atoms with Crippen LogP contribution in [-0.2, 0) is 19.1 Å². The van der Waals surface area contributed by atoms with Crippen LogP contribution in [0.1, 0.15) is 39.0 Å². The van der Waals surface area contributed by atoms with Crippen molar-refractivity contribution in [3.05, 3.63) is 0 Å². The molecule has 0 spiro atoms. The number of fused-ring (bicyclic) bond motifs is 1. The van der Waals surface area contributed by atoms with Crippen LogP contribution in [0.25, 0.3) is 0 Å². The van der Waals surface area contributed by atoms with Crippen molar-refractivity contribution in [2.24, 2.45) is 17.3 Å². The molecule has 1 unspecified atom stereocenters. The van der Waals surface area contributed by atoms with E-state index < -0.39 is 17.3 Å². The Labute approximate surface area is 101 Å². The Morgan fingerprint density at radius 3 is 2.71 bits per heavy atom. The van der Waals surface area contributed by atoms with Gasteiger partial charge >= 0.3 is 5.97 Å². The standard InChI is InChI=1S/C13H18O4/c1-13-7-6-9(14)11(12(16)17-2)8(13)4-3-5-10(13)15/h8,11H,3-7H2,1-2H3/t8-,11?,13-/m0/s1. The van der Waals surface area contributed by atoms with Crippen LogP contribution in [0.2, 0.25) is 0 Å². The SMILES string of the molecule is COC(=O)C1C(=O)CC[C@]2(C)C(=O)CCC[C@@H]12. The number of rotatable bonds is 1. The van der Waals surface area contributed by atoms with Crippen LogP contribution in [-0.4, -0.2) is 24.6 Å². The van der Waals surface area contributed by atoms with Gasteiger partial charge < -0.3 is 4.74 Å². The summed E-state index contributed by atoms with van der Waals surface area (Å²) < 4.78 is 4.72. The summed E-state index contributed by atoms with van der Waals surface area (Å²) in [4.78, 5) is 35.7. The van der Waals surface area contributed by atoms with Crippen LogP contribution < -0.4 is 0 Å². The Hall–Kier alpha value is -1.19. The predicted molar refractivity (Wildman–Crippen MR) is 60.2 cm³/mol. The smallest absolute Gasteiger partial charge is 0.316 e. The van der Waals surface area contributed by atoms with E-state index in [1.54, 1.807) is 0 Å². The van der Waals surface area contributed by atoms with E-state index in [0.717, 1.165) is 12.8 Å². The molecule has 0 amide bonds. The van der Waals surface area contributed by atoms with Gasteiger partial charge in [-0.15, -0.1) is 0 Å². The predicted octanol–water partition coefficient (Wildman–Crippen LogP) is 1.51. The van der Waals surface area contributed by atoms with Crippen molar-refractivity contribution < 1.29 is 19.1 Å². The van der Waals surface area contributed by atoms with Gasteiger partial charge in [0.15, 0.2) is 0 Å². The molecule has 0 aromatic rings. The highest BCUT2D eigenvalue weighted by Crippen LogP contribution is 2.49. The van der Waals surface area contributed by atoms with Crippen molar-refractivity contribution >= 4 is 17.5 Å². The third kappa shape index (κ3) is 1.79. The third-order valence-corrected chi connectivity index (χ3v) is 4.47. The molecule has 2 fully saturated rings. The summed E-state index contributed by atoms with van der Waals surface area (Å²) in [5, 5.41) is 0. The summed E-state index contributed by atoms with van der Waals surface area (Å²) in [6.07, 6.45) is 3.03. The van der Waals surface area contributed by atoms with Gasteiger partial charge in [0, 0.05) is 18.3 Å². The quantitative estimate of drug-likeness (QED) is 0.513. The second kappa shape index (κ2) is 4.24. The number of hydrogen-bond acceptors (Lipinski definition) is 4. The van der Waals surface area contributed by atoms with Crippen molar-refractivity contribution in [2.45, 2.75) is 39.0 Å². The lowest BCUT2D eigenvalue weighted by atomic mass is 9.56. The molecule has 0 aromatic heterocycles. The Kier molecular flexibility index (Phi) is 3.06. The van der Waals surface area contributed by atoms with Crippen molar-refractivity contribution in [3.63, 3.8) is 0 Å². The lowest BCUT2D eigenvalue weighted by Crippen LogP contribution is -2.51. The van der Waals surface area contributed by atoms with Crippen LogP contribution in [0.4, 0.5) is 0 Å². The van der Waals surface area contributed by atoms with Gasteiger partial charge in [-0.05, 0) is 25.2 Å². The normalized spacial score (nSPS) is 37.5.